The zero-order chi connectivity index (χ0) is 15.2. The van der Waals surface area contributed by atoms with Crippen LogP contribution < -0.4 is 0 Å². The van der Waals surface area contributed by atoms with Crippen LogP contribution in [-0.2, 0) is 0 Å². The van der Waals surface area contributed by atoms with Gasteiger partial charge in [-0.1, -0.05) is 80.1 Å². The van der Waals surface area contributed by atoms with E-state index in [-0.39, 0.29) is 5.92 Å². The van der Waals surface area contributed by atoms with E-state index < -0.39 is 6.10 Å². The van der Waals surface area contributed by atoms with Crippen LogP contribution in [0.1, 0.15) is 44.4 Å². The number of hydrogen-bond acceptors (Lipinski definition) is 1. The van der Waals surface area contributed by atoms with Gasteiger partial charge in [0.2, 0.25) is 0 Å². The van der Waals surface area contributed by atoms with Crippen molar-refractivity contribution in [3.8, 4) is 0 Å². The summed E-state index contributed by atoms with van der Waals surface area (Å²) in [5.74, 6) is 0.0996. The molecule has 1 N–H and O–H groups in total. The molecule has 110 valence electrons. The van der Waals surface area contributed by atoms with Crippen LogP contribution >= 0.6 is 0 Å². The van der Waals surface area contributed by atoms with Gasteiger partial charge in [-0.15, -0.1) is 0 Å². The van der Waals surface area contributed by atoms with Gasteiger partial charge in [0.1, 0.15) is 0 Å². The van der Waals surface area contributed by atoms with E-state index in [1.165, 1.54) is 16.7 Å². The molecule has 0 saturated heterocycles. The second-order valence-electron chi connectivity index (χ2n) is 5.53. The van der Waals surface area contributed by atoms with E-state index in [9.17, 15) is 5.11 Å². The summed E-state index contributed by atoms with van der Waals surface area (Å²) in [5.41, 5.74) is 4.83. The number of hydrogen-bond donors (Lipinski definition) is 1. The van der Waals surface area contributed by atoms with Gasteiger partial charge in [0.15, 0.2) is 0 Å². The summed E-state index contributed by atoms with van der Waals surface area (Å²) < 4.78 is 0. The van der Waals surface area contributed by atoms with E-state index >= 15 is 0 Å². The SMILES string of the molecule is CC/C(=C(\C)[C@H](C)[C@H](O)c1ccccc1)c1ccccc1. The highest BCUT2D eigenvalue weighted by molar-refractivity contribution is 5.68. The summed E-state index contributed by atoms with van der Waals surface area (Å²) in [6, 6.07) is 20.4. The van der Waals surface area contributed by atoms with Crippen molar-refractivity contribution in [3.63, 3.8) is 0 Å². The normalized spacial score (nSPS) is 15.2. The van der Waals surface area contributed by atoms with Crippen LogP contribution in [0.15, 0.2) is 66.2 Å². The van der Waals surface area contributed by atoms with Gasteiger partial charge in [-0.05, 0) is 30.0 Å². The Morgan fingerprint density at radius 2 is 1.48 bits per heavy atom. The fourth-order valence-electron chi connectivity index (χ4n) is 2.80. The number of rotatable bonds is 5. The zero-order valence-corrected chi connectivity index (χ0v) is 13.1. The monoisotopic (exact) mass is 280 g/mol. The molecule has 0 fully saturated rings. The molecule has 0 aromatic heterocycles. The van der Waals surface area contributed by atoms with E-state index in [2.05, 4.69) is 45.0 Å². The summed E-state index contributed by atoms with van der Waals surface area (Å²) in [5, 5.41) is 10.6. The minimum Gasteiger partial charge on any atom is -0.388 e. The van der Waals surface area contributed by atoms with Gasteiger partial charge >= 0.3 is 0 Å². The summed E-state index contributed by atoms with van der Waals surface area (Å²) >= 11 is 0. The molecular formula is C20H24O. The predicted octanol–water partition coefficient (Wildman–Crippen LogP) is 5.24. The number of benzene rings is 2. The van der Waals surface area contributed by atoms with Crippen LogP contribution in [0.4, 0.5) is 0 Å². The average molecular weight is 280 g/mol. The lowest BCUT2D eigenvalue weighted by molar-refractivity contribution is 0.134. The number of aliphatic hydroxyl groups is 1. The van der Waals surface area contributed by atoms with Crippen LogP contribution in [0.3, 0.4) is 0 Å². The van der Waals surface area contributed by atoms with Crippen molar-refractivity contribution >= 4 is 5.57 Å². The molecule has 0 bridgehead atoms. The Morgan fingerprint density at radius 3 is 2.00 bits per heavy atom. The largest absolute Gasteiger partial charge is 0.388 e. The fourth-order valence-corrected chi connectivity index (χ4v) is 2.80. The van der Waals surface area contributed by atoms with Crippen molar-refractivity contribution in [1.82, 2.24) is 0 Å². The summed E-state index contributed by atoms with van der Waals surface area (Å²) in [4.78, 5) is 0. The Hall–Kier alpha value is -1.86. The van der Waals surface area contributed by atoms with Gasteiger partial charge in [-0.25, -0.2) is 0 Å². The zero-order valence-electron chi connectivity index (χ0n) is 13.1. The number of aliphatic hydroxyl groups excluding tert-OH is 1. The van der Waals surface area contributed by atoms with Gasteiger partial charge in [-0.3, -0.25) is 0 Å². The molecule has 0 spiro atoms. The van der Waals surface area contributed by atoms with Crippen molar-refractivity contribution in [1.29, 1.82) is 0 Å². The lowest BCUT2D eigenvalue weighted by Gasteiger charge is -2.23. The molecule has 0 saturated carbocycles. The standard InChI is InChI=1S/C20H24O/c1-4-19(17-11-7-5-8-12-17)15(2)16(3)20(21)18-13-9-6-10-14-18/h5-14,16,20-21H,4H2,1-3H3/b19-15-/t16-,20-/m0/s1. The third-order valence-corrected chi connectivity index (χ3v) is 4.25. The lowest BCUT2D eigenvalue weighted by atomic mass is 9.85. The van der Waals surface area contributed by atoms with Crippen LogP contribution in [0.5, 0.6) is 0 Å². The van der Waals surface area contributed by atoms with Gasteiger partial charge in [0.05, 0.1) is 6.10 Å². The maximum atomic E-state index is 10.6. The van der Waals surface area contributed by atoms with Crippen LogP contribution in [0.25, 0.3) is 5.57 Å². The van der Waals surface area contributed by atoms with E-state index in [1.807, 2.05) is 36.4 Å². The van der Waals surface area contributed by atoms with E-state index in [4.69, 9.17) is 0 Å². The first kappa shape index (κ1) is 15.5. The summed E-state index contributed by atoms with van der Waals surface area (Å²) in [6.45, 7) is 6.42. The smallest absolute Gasteiger partial charge is 0.0852 e. The van der Waals surface area contributed by atoms with Crippen LogP contribution in [-0.4, -0.2) is 5.11 Å². The third-order valence-electron chi connectivity index (χ3n) is 4.25. The van der Waals surface area contributed by atoms with Gasteiger partial charge < -0.3 is 5.11 Å². The molecule has 2 aromatic rings. The van der Waals surface area contributed by atoms with Gasteiger partial charge in [0.25, 0.3) is 0 Å². The van der Waals surface area contributed by atoms with Crippen molar-refractivity contribution in [2.45, 2.75) is 33.3 Å². The molecule has 0 radical (unpaired) electrons. The molecule has 0 aliphatic rings. The summed E-state index contributed by atoms with van der Waals surface area (Å²) in [7, 11) is 0. The molecule has 21 heavy (non-hydrogen) atoms. The maximum absolute atomic E-state index is 10.6. The molecule has 2 atom stereocenters. The average Bonchev–Trinajstić information content (AvgIpc) is 2.56. The van der Waals surface area contributed by atoms with Crippen LogP contribution in [0.2, 0.25) is 0 Å². The van der Waals surface area contributed by atoms with Crippen molar-refractivity contribution in [3.05, 3.63) is 77.4 Å². The molecule has 0 unspecified atom stereocenters. The molecule has 2 rings (SSSR count). The minimum absolute atomic E-state index is 0.0996. The topological polar surface area (TPSA) is 20.2 Å². The predicted molar refractivity (Wildman–Crippen MR) is 89.9 cm³/mol. The Kier molecular flexibility index (Phi) is 5.35. The molecular weight excluding hydrogens is 256 g/mol. The molecule has 0 amide bonds. The Balaban J connectivity index is 2.32. The molecule has 0 aliphatic carbocycles. The van der Waals surface area contributed by atoms with Crippen molar-refractivity contribution in [2.75, 3.05) is 0 Å². The maximum Gasteiger partial charge on any atom is 0.0852 e. The highest BCUT2D eigenvalue weighted by Gasteiger charge is 2.20. The minimum atomic E-state index is -0.462. The van der Waals surface area contributed by atoms with E-state index in [0.717, 1.165) is 12.0 Å². The highest BCUT2D eigenvalue weighted by Crippen LogP contribution is 2.33. The molecule has 0 aliphatic heterocycles. The lowest BCUT2D eigenvalue weighted by Crippen LogP contribution is -2.11. The molecule has 0 heterocycles. The Labute approximate surface area is 128 Å². The number of allylic oxidation sites excluding steroid dienone is 1. The summed E-state index contributed by atoms with van der Waals surface area (Å²) in [6.07, 6.45) is 0.512. The molecule has 1 heteroatoms. The third kappa shape index (κ3) is 3.62. The van der Waals surface area contributed by atoms with Gasteiger partial charge in [0, 0.05) is 5.92 Å². The van der Waals surface area contributed by atoms with Crippen molar-refractivity contribution < 1.29 is 5.11 Å². The Morgan fingerprint density at radius 1 is 0.952 bits per heavy atom. The second kappa shape index (κ2) is 7.24. The first-order valence-corrected chi connectivity index (χ1v) is 7.63. The first-order chi connectivity index (χ1) is 10.1. The fraction of sp³-hybridized carbons (Fsp3) is 0.300. The van der Waals surface area contributed by atoms with Crippen LogP contribution in [0, 0.1) is 5.92 Å². The Bertz CT molecular complexity index is 584. The quantitative estimate of drug-likeness (QED) is 0.794. The second-order valence-corrected chi connectivity index (χ2v) is 5.53. The highest BCUT2D eigenvalue weighted by atomic mass is 16.3. The van der Waals surface area contributed by atoms with Crippen molar-refractivity contribution in [2.24, 2.45) is 5.92 Å². The van der Waals surface area contributed by atoms with Gasteiger partial charge in [-0.2, -0.15) is 0 Å². The van der Waals surface area contributed by atoms with E-state index in [1.54, 1.807) is 0 Å². The van der Waals surface area contributed by atoms with E-state index in [0.29, 0.717) is 0 Å². The first-order valence-electron chi connectivity index (χ1n) is 7.63. The molecule has 2 aromatic carbocycles. The molecule has 1 nitrogen and oxygen atoms in total.